The number of pyridine rings is 2. The number of carbonyl (C=O) groups is 6. The fourth-order valence-corrected chi connectivity index (χ4v) is 7.39. The number of hydrazine groups is 2. The van der Waals surface area contributed by atoms with Crippen LogP contribution >= 0.6 is 11.8 Å². The Kier molecular flexibility index (Phi) is 24.7. The van der Waals surface area contributed by atoms with Crippen LogP contribution in [0, 0.1) is 0 Å². The van der Waals surface area contributed by atoms with Crippen molar-refractivity contribution in [2.75, 3.05) is 120 Å². The van der Waals surface area contributed by atoms with Gasteiger partial charge in [-0.2, -0.15) is 20.9 Å². The Morgan fingerprint density at radius 3 is 2.11 bits per heavy atom. The quantitative estimate of drug-likeness (QED) is 0.00980. The number of hydroxylamine groups is 1. The molecular weight excluding hydrogens is 971 g/mol. The molecule has 26 heteroatoms. The molecular formula is C47H65N13O12S+2. The Morgan fingerprint density at radius 1 is 0.740 bits per heavy atom. The number of nitrogens with zero attached hydrogens (tertiary/aromatic N) is 3. The van der Waals surface area contributed by atoms with Crippen LogP contribution < -0.4 is 72.4 Å². The molecule has 3 heterocycles. The zero-order chi connectivity index (χ0) is 52.0. The van der Waals surface area contributed by atoms with Gasteiger partial charge in [-0.15, -0.1) is 0 Å². The maximum Gasteiger partial charge on any atom is 0.327 e. The predicted molar refractivity (Wildman–Crippen MR) is 268 cm³/mol. The van der Waals surface area contributed by atoms with Gasteiger partial charge in [0.2, 0.25) is 6.54 Å². The van der Waals surface area contributed by atoms with Gasteiger partial charge in [0.25, 0.3) is 18.5 Å². The number of carbonyl (C=O) groups excluding carboxylic acids is 6. The molecule has 0 unspecified atom stereocenters. The van der Waals surface area contributed by atoms with Gasteiger partial charge in [-0.25, -0.2) is 5.48 Å². The Bertz CT molecular complexity index is 2430. The molecule has 0 saturated carbocycles. The number of anilines is 4. The van der Waals surface area contributed by atoms with Crippen molar-refractivity contribution in [3.8, 4) is 11.5 Å². The van der Waals surface area contributed by atoms with E-state index in [-0.39, 0.29) is 51.6 Å². The van der Waals surface area contributed by atoms with Crippen LogP contribution in [0.4, 0.5) is 22.7 Å². The molecule has 0 spiro atoms. The SMILES string of the molecule is COc1cc(NCOC[n+]2cccc(C(=O)NCCSCCNOCc3ccc[n+](CC(=O)Nc4ccc(NNC(=O)C(=O)NCCCN5CCOCC5)c(OC)c4)c3)c2)ccc1NNC(=O)C(=O)NCCO. The van der Waals surface area contributed by atoms with Crippen molar-refractivity contribution in [2.24, 2.45) is 0 Å². The third-order valence-electron chi connectivity index (χ3n) is 10.4. The number of aromatic nitrogens is 2. The van der Waals surface area contributed by atoms with Gasteiger partial charge in [0.15, 0.2) is 24.8 Å². The summed E-state index contributed by atoms with van der Waals surface area (Å²) in [6.45, 7) is 5.58. The summed E-state index contributed by atoms with van der Waals surface area (Å²) in [6.07, 6.45) is 7.77. The highest BCUT2D eigenvalue weighted by molar-refractivity contribution is 7.99. The molecule has 4 aromatic rings. The molecule has 25 nitrogen and oxygen atoms in total. The molecule has 2 aromatic carbocycles. The zero-order valence-electron chi connectivity index (χ0n) is 40.8. The molecule has 0 atom stereocenters. The summed E-state index contributed by atoms with van der Waals surface area (Å²) in [5.74, 6) is -1.79. The zero-order valence-corrected chi connectivity index (χ0v) is 41.6. The van der Waals surface area contributed by atoms with Crippen molar-refractivity contribution in [1.29, 1.82) is 0 Å². The fraction of sp³-hybridized carbons (Fsp3) is 0.404. The molecule has 0 aliphatic carbocycles. The van der Waals surface area contributed by atoms with E-state index in [1.54, 1.807) is 88.0 Å². The van der Waals surface area contributed by atoms with Gasteiger partial charge in [-0.3, -0.25) is 60.2 Å². The Hall–Kier alpha value is -7.33. The second-order valence-corrected chi connectivity index (χ2v) is 17.0. The van der Waals surface area contributed by atoms with Crippen LogP contribution in [0.1, 0.15) is 22.3 Å². The topological polar surface area (TPSA) is 300 Å². The van der Waals surface area contributed by atoms with E-state index < -0.39 is 23.6 Å². The summed E-state index contributed by atoms with van der Waals surface area (Å²) in [7, 11) is 2.90. The van der Waals surface area contributed by atoms with Gasteiger partial charge < -0.3 is 50.6 Å². The summed E-state index contributed by atoms with van der Waals surface area (Å²) in [4.78, 5) is 81.9. The number of aliphatic hydroxyl groups excluding tert-OH is 1. The highest BCUT2D eigenvalue weighted by Gasteiger charge is 2.18. The van der Waals surface area contributed by atoms with Crippen molar-refractivity contribution < 1.29 is 66.8 Å². The lowest BCUT2D eigenvalue weighted by molar-refractivity contribution is -0.732. The average Bonchev–Trinajstić information content (AvgIpc) is 3.41. The second-order valence-electron chi connectivity index (χ2n) is 15.8. The molecule has 1 fully saturated rings. The van der Waals surface area contributed by atoms with Crippen LogP contribution in [0.3, 0.4) is 0 Å². The van der Waals surface area contributed by atoms with E-state index in [2.05, 4.69) is 58.7 Å². The summed E-state index contributed by atoms with van der Waals surface area (Å²) < 4.78 is 25.4. The van der Waals surface area contributed by atoms with Crippen LogP contribution in [0.2, 0.25) is 0 Å². The summed E-state index contributed by atoms with van der Waals surface area (Å²) in [6, 6.07) is 17.1. The standard InChI is InChI=1S/C47H63N13O12S/c1-68-40-26-36(8-10-38(40)54-57-47(67)45(65)49-13-21-61)51-32-71-33-60-17-4-7-35(29-60)43(63)50-14-24-73-25-15-52-72-31-34-6-3-16-59(28-34)30-42(62)53-37-9-11-39(41(27-37)69-2)55-56-46(66)44(64)48-12-5-18-58-19-22-70-23-20-58/h3-4,6-11,16-17,26-29,52,61H,5,12-15,18-25,30-33H2,1-2H3,(H7-2,48,49,50,51,53,54,55,56,57,62,63,64,65,66,67)/p+2. The summed E-state index contributed by atoms with van der Waals surface area (Å²) in [5, 5.41) is 22.6. The van der Waals surface area contributed by atoms with E-state index in [1.807, 2.05) is 18.3 Å². The van der Waals surface area contributed by atoms with Gasteiger partial charge in [-0.05, 0) is 49.4 Å². The lowest BCUT2D eigenvalue weighted by Crippen LogP contribution is -2.43. The van der Waals surface area contributed by atoms with E-state index in [4.69, 9.17) is 28.9 Å². The third-order valence-corrected chi connectivity index (χ3v) is 11.4. The molecule has 1 saturated heterocycles. The Morgan fingerprint density at radius 2 is 1.40 bits per heavy atom. The van der Waals surface area contributed by atoms with Gasteiger partial charge in [0.1, 0.15) is 23.8 Å². The number of hydrogen-bond acceptors (Lipinski definition) is 18. The highest BCUT2D eigenvalue weighted by Crippen LogP contribution is 2.28. The van der Waals surface area contributed by atoms with Gasteiger partial charge in [0.05, 0.1) is 52.0 Å². The predicted octanol–water partition coefficient (Wildman–Crippen LogP) is -1.02. The number of amides is 6. The second kappa shape index (κ2) is 31.9. The first kappa shape index (κ1) is 56.6. The van der Waals surface area contributed by atoms with Crippen LogP contribution in [0.25, 0.3) is 0 Å². The van der Waals surface area contributed by atoms with Crippen LogP contribution in [-0.2, 0) is 58.2 Å². The first-order chi connectivity index (χ1) is 35.5. The number of benzene rings is 2. The van der Waals surface area contributed by atoms with Crippen LogP contribution in [-0.4, -0.2) is 144 Å². The van der Waals surface area contributed by atoms with Crippen molar-refractivity contribution in [1.82, 2.24) is 37.2 Å². The number of nitrogens with one attached hydrogen (secondary N) is 10. The molecule has 0 bridgehead atoms. The molecule has 73 heavy (non-hydrogen) atoms. The Balaban J connectivity index is 0.901. The van der Waals surface area contributed by atoms with Crippen molar-refractivity contribution >= 4 is 70.0 Å². The Labute approximate surface area is 426 Å². The van der Waals surface area contributed by atoms with Crippen molar-refractivity contribution in [2.45, 2.75) is 26.3 Å². The normalized spacial score (nSPS) is 12.2. The summed E-state index contributed by atoms with van der Waals surface area (Å²) >= 11 is 1.65. The lowest BCUT2D eigenvalue weighted by Gasteiger charge is -2.26. The monoisotopic (exact) mass is 1040 g/mol. The number of morpholine rings is 1. The average molecular weight is 1040 g/mol. The number of methoxy groups -OCH3 is 2. The number of ether oxygens (including phenoxy) is 4. The third kappa shape index (κ3) is 20.7. The molecule has 2 aromatic heterocycles. The number of aliphatic hydroxyl groups is 1. The maximum atomic E-state index is 13.0. The summed E-state index contributed by atoms with van der Waals surface area (Å²) in [5.41, 5.74) is 16.2. The minimum atomic E-state index is -0.932. The maximum absolute atomic E-state index is 13.0. The van der Waals surface area contributed by atoms with Gasteiger partial charge in [0, 0.05) is 92.0 Å². The molecule has 1 aliphatic heterocycles. The molecule has 394 valence electrons. The number of hydrogen-bond donors (Lipinski definition) is 11. The molecule has 1 aliphatic rings. The van der Waals surface area contributed by atoms with E-state index in [1.165, 1.54) is 14.2 Å². The van der Waals surface area contributed by atoms with E-state index >= 15 is 0 Å². The lowest BCUT2D eigenvalue weighted by atomic mass is 10.2. The molecule has 11 N–H and O–H groups in total. The van der Waals surface area contributed by atoms with Crippen LogP contribution in [0.5, 0.6) is 11.5 Å². The molecule has 5 rings (SSSR count). The van der Waals surface area contributed by atoms with Crippen LogP contribution in [0.15, 0.2) is 85.5 Å². The fourth-order valence-electron chi connectivity index (χ4n) is 6.71. The number of thioether (sulfide) groups is 1. The van der Waals surface area contributed by atoms with E-state index in [0.29, 0.717) is 84.8 Å². The largest absolute Gasteiger partial charge is 0.494 e. The first-order valence-corrected chi connectivity index (χ1v) is 24.4. The first-order valence-electron chi connectivity index (χ1n) is 23.3. The van der Waals surface area contributed by atoms with Gasteiger partial charge >= 0.3 is 23.6 Å². The number of rotatable bonds is 30. The molecule has 0 radical (unpaired) electrons. The van der Waals surface area contributed by atoms with Gasteiger partial charge in [-0.1, -0.05) is 0 Å². The molecule has 6 amide bonds. The van der Waals surface area contributed by atoms with E-state index in [9.17, 15) is 28.8 Å². The smallest absolute Gasteiger partial charge is 0.327 e. The van der Waals surface area contributed by atoms with Crippen molar-refractivity contribution in [3.05, 3.63) is 96.6 Å². The highest BCUT2D eigenvalue weighted by atomic mass is 32.2. The minimum absolute atomic E-state index is 0.0315. The minimum Gasteiger partial charge on any atom is -0.494 e. The van der Waals surface area contributed by atoms with Crippen molar-refractivity contribution in [3.63, 3.8) is 0 Å². The van der Waals surface area contributed by atoms with E-state index in [0.717, 1.165) is 31.0 Å².